The third-order valence-corrected chi connectivity index (χ3v) is 6.39. The molecule has 1 aliphatic carbocycles. The maximum absolute atomic E-state index is 12.4. The van der Waals surface area contributed by atoms with Gasteiger partial charge in [0.1, 0.15) is 11.1 Å². The average Bonchev–Trinajstić information content (AvgIpc) is 3.39. The third-order valence-electron chi connectivity index (χ3n) is 5.19. The van der Waals surface area contributed by atoms with Crippen LogP contribution in [0, 0.1) is 11.3 Å². The zero-order valence-electron chi connectivity index (χ0n) is 14.9. The molecule has 2 N–H and O–H groups in total. The highest BCUT2D eigenvalue weighted by atomic mass is 32.1. The van der Waals surface area contributed by atoms with E-state index in [-0.39, 0.29) is 11.8 Å². The standard InChI is InChI=1S/C19H20N4O3S/c20-11-14-13-3-1-5-16(13)27-18(14)21-17(24)12-22-6-8-23(9-7-22)19(25)15-4-2-10-26-15/h2,4,10H,1,3,5-9,12H2,(H,21,24)/p+1. The number of anilines is 1. The summed E-state index contributed by atoms with van der Waals surface area (Å²) in [6.45, 7) is 2.96. The maximum atomic E-state index is 12.4. The molecule has 0 atom stereocenters. The summed E-state index contributed by atoms with van der Waals surface area (Å²) in [5.74, 6) is 0.175. The van der Waals surface area contributed by atoms with Gasteiger partial charge in [0, 0.05) is 4.88 Å². The number of aryl methyl sites for hydroxylation is 1. The average molecular weight is 385 g/mol. The Kier molecular flexibility index (Phi) is 4.97. The number of nitriles is 1. The molecule has 0 saturated carbocycles. The molecule has 2 amide bonds. The number of piperazine rings is 1. The number of fused-ring (bicyclic) bond motifs is 1. The fraction of sp³-hybridized carbons (Fsp3) is 0.421. The summed E-state index contributed by atoms with van der Waals surface area (Å²) in [6.07, 6.45) is 4.52. The van der Waals surface area contributed by atoms with Gasteiger partial charge < -0.3 is 19.5 Å². The molecule has 2 aliphatic rings. The fourth-order valence-electron chi connectivity index (χ4n) is 3.77. The normalized spacial score (nSPS) is 16.8. The predicted octanol–water partition coefficient (Wildman–Crippen LogP) is 0.681. The van der Waals surface area contributed by atoms with E-state index in [9.17, 15) is 14.9 Å². The van der Waals surface area contributed by atoms with Crippen molar-refractivity contribution in [2.45, 2.75) is 19.3 Å². The van der Waals surface area contributed by atoms with Crippen LogP contribution in [0.15, 0.2) is 22.8 Å². The third kappa shape index (κ3) is 3.61. The van der Waals surface area contributed by atoms with Crippen molar-refractivity contribution in [3.05, 3.63) is 40.2 Å². The second-order valence-electron chi connectivity index (χ2n) is 6.92. The van der Waals surface area contributed by atoms with E-state index in [2.05, 4.69) is 11.4 Å². The number of nitrogens with zero attached hydrogens (tertiary/aromatic N) is 2. The van der Waals surface area contributed by atoms with Gasteiger partial charge in [-0.1, -0.05) is 0 Å². The minimum absolute atomic E-state index is 0.0766. The molecule has 2 aromatic heterocycles. The summed E-state index contributed by atoms with van der Waals surface area (Å²) in [4.78, 5) is 28.9. The van der Waals surface area contributed by atoms with Crippen molar-refractivity contribution in [3.8, 4) is 6.07 Å². The summed E-state index contributed by atoms with van der Waals surface area (Å²) in [7, 11) is 0. The van der Waals surface area contributed by atoms with Crippen molar-refractivity contribution in [1.29, 1.82) is 5.26 Å². The van der Waals surface area contributed by atoms with Gasteiger partial charge in [-0.25, -0.2) is 0 Å². The number of hydrogen-bond acceptors (Lipinski definition) is 5. The Morgan fingerprint density at radius 2 is 2.15 bits per heavy atom. The molecule has 1 aliphatic heterocycles. The summed E-state index contributed by atoms with van der Waals surface area (Å²) in [5, 5.41) is 13.0. The van der Waals surface area contributed by atoms with Crippen LogP contribution < -0.4 is 10.2 Å². The van der Waals surface area contributed by atoms with Gasteiger partial charge >= 0.3 is 0 Å². The van der Waals surface area contributed by atoms with Crippen LogP contribution in [0.3, 0.4) is 0 Å². The minimum Gasteiger partial charge on any atom is -0.459 e. The van der Waals surface area contributed by atoms with Gasteiger partial charge in [-0.3, -0.25) is 9.59 Å². The zero-order valence-corrected chi connectivity index (χ0v) is 15.7. The predicted molar refractivity (Wildman–Crippen MR) is 99.9 cm³/mol. The first-order valence-electron chi connectivity index (χ1n) is 9.16. The number of carbonyl (C=O) groups is 2. The molecule has 0 bridgehead atoms. The number of amides is 2. The fourth-order valence-corrected chi connectivity index (χ4v) is 5.02. The second-order valence-corrected chi connectivity index (χ2v) is 8.02. The molecule has 3 heterocycles. The lowest BCUT2D eigenvalue weighted by atomic mass is 10.1. The van der Waals surface area contributed by atoms with E-state index in [0.717, 1.165) is 29.7 Å². The lowest BCUT2D eigenvalue weighted by Crippen LogP contribution is -3.15. The monoisotopic (exact) mass is 385 g/mol. The minimum atomic E-state index is -0.102. The Morgan fingerprint density at radius 1 is 1.33 bits per heavy atom. The summed E-state index contributed by atoms with van der Waals surface area (Å²) < 4.78 is 5.17. The van der Waals surface area contributed by atoms with E-state index in [1.165, 1.54) is 22.5 Å². The molecule has 8 heteroatoms. The lowest BCUT2D eigenvalue weighted by Gasteiger charge is -2.31. The summed E-state index contributed by atoms with van der Waals surface area (Å²) >= 11 is 1.54. The van der Waals surface area contributed by atoms with E-state index in [4.69, 9.17) is 4.42 Å². The number of furan rings is 1. The van der Waals surface area contributed by atoms with Gasteiger partial charge in [-0.2, -0.15) is 5.26 Å². The molecule has 4 rings (SSSR count). The molecular formula is C19H21N4O3S+. The molecule has 1 saturated heterocycles. The van der Waals surface area contributed by atoms with E-state index in [1.807, 2.05) is 0 Å². The topological polar surface area (TPSA) is 90.8 Å². The van der Waals surface area contributed by atoms with Crippen molar-refractivity contribution in [2.24, 2.45) is 0 Å². The molecule has 0 spiro atoms. The molecule has 0 aromatic carbocycles. The maximum Gasteiger partial charge on any atom is 0.289 e. The molecule has 2 aromatic rings. The molecule has 1 fully saturated rings. The van der Waals surface area contributed by atoms with E-state index in [0.29, 0.717) is 49.0 Å². The highest BCUT2D eigenvalue weighted by Crippen LogP contribution is 2.38. The SMILES string of the molecule is N#Cc1c(NC(=O)C[NH+]2CCN(C(=O)c3ccco3)CC2)sc2c1CCC2. The van der Waals surface area contributed by atoms with Crippen molar-refractivity contribution in [1.82, 2.24) is 4.90 Å². The first-order chi connectivity index (χ1) is 13.2. The molecule has 0 radical (unpaired) electrons. The van der Waals surface area contributed by atoms with Crippen LogP contribution in [0.1, 0.15) is 33.0 Å². The Hall–Kier alpha value is -2.63. The van der Waals surface area contributed by atoms with E-state index >= 15 is 0 Å². The quantitative estimate of drug-likeness (QED) is 0.810. The Balaban J connectivity index is 1.30. The molecule has 0 unspecified atom stereocenters. The zero-order chi connectivity index (χ0) is 18.8. The van der Waals surface area contributed by atoms with Gasteiger partial charge in [0.25, 0.3) is 11.8 Å². The molecular weight excluding hydrogens is 364 g/mol. The van der Waals surface area contributed by atoms with Crippen LogP contribution in [0.5, 0.6) is 0 Å². The first kappa shape index (κ1) is 17.8. The van der Waals surface area contributed by atoms with Crippen LogP contribution >= 0.6 is 11.3 Å². The second kappa shape index (κ2) is 7.55. The Morgan fingerprint density at radius 3 is 2.85 bits per heavy atom. The molecule has 27 heavy (non-hydrogen) atoms. The van der Waals surface area contributed by atoms with Crippen LogP contribution in [-0.4, -0.2) is 49.4 Å². The number of quaternary nitrogens is 1. The van der Waals surface area contributed by atoms with Gasteiger partial charge in [0.15, 0.2) is 12.3 Å². The number of hydrogen-bond donors (Lipinski definition) is 2. The highest BCUT2D eigenvalue weighted by Gasteiger charge is 2.28. The van der Waals surface area contributed by atoms with Gasteiger partial charge in [0.05, 0.1) is 38.0 Å². The summed E-state index contributed by atoms with van der Waals surface area (Å²) in [6, 6.07) is 5.62. The summed E-state index contributed by atoms with van der Waals surface area (Å²) in [5.41, 5.74) is 1.76. The number of nitrogens with one attached hydrogen (secondary N) is 2. The largest absolute Gasteiger partial charge is 0.459 e. The van der Waals surface area contributed by atoms with Gasteiger partial charge in [0.2, 0.25) is 0 Å². The number of carbonyl (C=O) groups excluding carboxylic acids is 2. The lowest BCUT2D eigenvalue weighted by molar-refractivity contribution is -0.895. The number of thiophene rings is 1. The van der Waals surface area contributed by atoms with Crippen molar-refractivity contribution in [3.63, 3.8) is 0 Å². The first-order valence-corrected chi connectivity index (χ1v) is 9.98. The number of rotatable bonds is 4. The van der Waals surface area contributed by atoms with Crippen molar-refractivity contribution in [2.75, 3.05) is 38.0 Å². The van der Waals surface area contributed by atoms with Gasteiger partial charge in [-0.05, 0) is 37.0 Å². The van der Waals surface area contributed by atoms with E-state index in [1.54, 1.807) is 17.0 Å². The van der Waals surface area contributed by atoms with Crippen LogP contribution in [0.4, 0.5) is 5.00 Å². The smallest absolute Gasteiger partial charge is 0.289 e. The van der Waals surface area contributed by atoms with Gasteiger partial charge in [-0.15, -0.1) is 11.3 Å². The van der Waals surface area contributed by atoms with Crippen LogP contribution in [0.2, 0.25) is 0 Å². The van der Waals surface area contributed by atoms with Crippen molar-refractivity contribution < 1.29 is 18.9 Å². The molecule has 140 valence electrons. The van der Waals surface area contributed by atoms with Crippen LogP contribution in [0.25, 0.3) is 0 Å². The Bertz CT molecular complexity index is 889. The van der Waals surface area contributed by atoms with Crippen molar-refractivity contribution >= 4 is 28.2 Å². The molecule has 7 nitrogen and oxygen atoms in total. The van der Waals surface area contributed by atoms with Crippen LogP contribution in [-0.2, 0) is 17.6 Å². The van der Waals surface area contributed by atoms with E-state index < -0.39 is 0 Å². The Labute approximate surface area is 161 Å². The highest BCUT2D eigenvalue weighted by molar-refractivity contribution is 7.16.